The molecule has 2 unspecified atom stereocenters. The summed E-state index contributed by atoms with van der Waals surface area (Å²) in [6.07, 6.45) is 3.17. The second-order valence-corrected chi connectivity index (χ2v) is 12.7. The number of aromatic nitrogens is 1. The molecule has 2 aromatic carbocycles. The SMILES string of the molecule is Cc1cc(C)cc(NC(=S)Nc2cc(C(=O)N3CCC(C)CC3)ccc2N2CC3CC(C2)c2cccc(=O)n2C3)c1. The van der Waals surface area contributed by atoms with E-state index in [1.165, 1.54) is 11.1 Å². The Morgan fingerprint density at radius 3 is 2.44 bits per heavy atom. The van der Waals surface area contributed by atoms with Crippen LogP contribution < -0.4 is 21.1 Å². The number of pyridine rings is 1. The van der Waals surface area contributed by atoms with Crippen molar-refractivity contribution in [2.24, 2.45) is 11.8 Å². The van der Waals surface area contributed by atoms with Crippen LogP contribution in [0.4, 0.5) is 17.1 Å². The van der Waals surface area contributed by atoms with E-state index < -0.39 is 0 Å². The molecule has 0 spiro atoms. The lowest BCUT2D eigenvalue weighted by Gasteiger charge is -2.44. The number of hydrogen-bond acceptors (Lipinski definition) is 4. The lowest BCUT2D eigenvalue weighted by atomic mass is 9.83. The highest BCUT2D eigenvalue weighted by Crippen LogP contribution is 2.39. The maximum Gasteiger partial charge on any atom is 0.253 e. The third-order valence-corrected chi connectivity index (χ3v) is 9.07. The molecule has 1 aromatic heterocycles. The lowest BCUT2D eigenvalue weighted by Crippen LogP contribution is -2.47. The highest BCUT2D eigenvalue weighted by atomic mass is 32.1. The third kappa shape index (κ3) is 5.89. The van der Waals surface area contributed by atoms with Gasteiger partial charge in [0.2, 0.25) is 0 Å². The highest BCUT2D eigenvalue weighted by Gasteiger charge is 2.35. The molecule has 7 nitrogen and oxygen atoms in total. The van der Waals surface area contributed by atoms with Crippen molar-refractivity contribution >= 4 is 40.3 Å². The topological polar surface area (TPSA) is 69.6 Å². The number of thiocarbonyl (C=S) groups is 1. The van der Waals surface area contributed by atoms with Crippen molar-refractivity contribution in [3.05, 3.63) is 87.3 Å². The quantitative estimate of drug-likeness (QED) is 0.389. The van der Waals surface area contributed by atoms with Gasteiger partial charge in [0.1, 0.15) is 0 Å². The van der Waals surface area contributed by atoms with Gasteiger partial charge >= 0.3 is 0 Å². The van der Waals surface area contributed by atoms with E-state index in [0.29, 0.717) is 22.5 Å². The Bertz CT molecular complexity index is 1520. The largest absolute Gasteiger partial charge is 0.369 e. The second-order valence-electron chi connectivity index (χ2n) is 12.3. The molecule has 214 valence electrons. The fraction of sp³-hybridized carbons (Fsp3) is 0.424. The number of aryl methyl sites for hydroxylation is 2. The smallest absolute Gasteiger partial charge is 0.253 e. The standard InChI is InChI=1S/C33H39N5O2S/c1-21-9-11-36(12-10-21)32(40)25-7-8-30(28(17-25)35-33(41)34-27-14-22(2)13-23(3)15-27)37-18-24-16-26(20-37)29-5-4-6-31(39)38(29)19-24/h4-8,13-15,17,21,24,26H,9-12,16,18-20H2,1-3H3,(H2,34,35,41). The number of amides is 1. The molecule has 0 aliphatic carbocycles. The van der Waals surface area contributed by atoms with Crippen LogP contribution in [0.2, 0.25) is 0 Å². The Kier molecular flexibility index (Phi) is 7.60. The molecule has 2 fully saturated rings. The highest BCUT2D eigenvalue weighted by molar-refractivity contribution is 7.80. The number of nitrogens with zero attached hydrogens (tertiary/aromatic N) is 3. The Morgan fingerprint density at radius 1 is 0.927 bits per heavy atom. The maximum absolute atomic E-state index is 13.5. The number of likely N-dealkylation sites (tertiary alicyclic amines) is 1. The van der Waals surface area contributed by atoms with Crippen molar-refractivity contribution in [1.29, 1.82) is 0 Å². The van der Waals surface area contributed by atoms with E-state index in [1.54, 1.807) is 6.07 Å². The van der Waals surface area contributed by atoms with E-state index in [2.05, 4.69) is 66.6 Å². The molecule has 2 bridgehead atoms. The summed E-state index contributed by atoms with van der Waals surface area (Å²) in [6, 6.07) is 17.9. The summed E-state index contributed by atoms with van der Waals surface area (Å²) in [5.74, 6) is 1.39. The first kappa shape index (κ1) is 27.5. The molecule has 3 aliphatic rings. The van der Waals surface area contributed by atoms with E-state index in [4.69, 9.17) is 12.2 Å². The van der Waals surface area contributed by atoms with Crippen LogP contribution in [0.15, 0.2) is 59.4 Å². The summed E-state index contributed by atoms with van der Waals surface area (Å²) in [5.41, 5.74) is 7.00. The van der Waals surface area contributed by atoms with Gasteiger partial charge in [0, 0.05) is 61.7 Å². The fourth-order valence-corrected chi connectivity index (χ4v) is 7.09. The first-order valence-electron chi connectivity index (χ1n) is 14.8. The molecular weight excluding hydrogens is 530 g/mol. The Hall–Kier alpha value is -3.65. The number of anilines is 3. The molecule has 3 aromatic rings. The van der Waals surface area contributed by atoms with E-state index in [9.17, 15) is 9.59 Å². The molecule has 4 heterocycles. The Balaban J connectivity index is 1.30. The van der Waals surface area contributed by atoms with Crippen LogP contribution in [0.3, 0.4) is 0 Å². The average molecular weight is 570 g/mol. The predicted octanol–water partition coefficient (Wildman–Crippen LogP) is 5.77. The van der Waals surface area contributed by atoms with Crippen LogP contribution in [0.5, 0.6) is 0 Å². The molecular formula is C33H39N5O2S. The van der Waals surface area contributed by atoms with Gasteiger partial charge in [-0.2, -0.15) is 0 Å². The minimum atomic E-state index is 0.0727. The van der Waals surface area contributed by atoms with E-state index in [0.717, 1.165) is 74.7 Å². The molecule has 1 amide bonds. The number of carbonyl (C=O) groups excluding carboxylic acids is 1. The third-order valence-electron chi connectivity index (χ3n) is 8.86. The van der Waals surface area contributed by atoms with Gasteiger partial charge in [-0.3, -0.25) is 9.59 Å². The minimum Gasteiger partial charge on any atom is -0.369 e. The zero-order chi connectivity index (χ0) is 28.7. The number of piperidine rings is 2. The molecule has 0 radical (unpaired) electrons. The summed E-state index contributed by atoms with van der Waals surface area (Å²) in [4.78, 5) is 30.5. The van der Waals surface area contributed by atoms with Crippen LogP contribution in [0.25, 0.3) is 0 Å². The van der Waals surface area contributed by atoms with Crippen molar-refractivity contribution < 1.29 is 4.79 Å². The Labute approximate surface area is 247 Å². The van der Waals surface area contributed by atoms with E-state index >= 15 is 0 Å². The molecule has 3 aliphatic heterocycles. The van der Waals surface area contributed by atoms with Crippen molar-refractivity contribution in [3.63, 3.8) is 0 Å². The molecule has 41 heavy (non-hydrogen) atoms. The summed E-state index contributed by atoms with van der Waals surface area (Å²) >= 11 is 5.79. The van der Waals surface area contributed by atoms with Gasteiger partial charge in [0.25, 0.3) is 11.5 Å². The average Bonchev–Trinajstić information content (AvgIpc) is 2.93. The van der Waals surface area contributed by atoms with Crippen molar-refractivity contribution in [1.82, 2.24) is 9.47 Å². The van der Waals surface area contributed by atoms with Crippen LogP contribution in [0.1, 0.15) is 59.3 Å². The number of carbonyl (C=O) groups is 1. The molecule has 6 rings (SSSR count). The van der Waals surface area contributed by atoms with Crippen molar-refractivity contribution in [3.8, 4) is 0 Å². The lowest BCUT2D eigenvalue weighted by molar-refractivity contribution is 0.0697. The predicted molar refractivity (Wildman–Crippen MR) is 170 cm³/mol. The van der Waals surface area contributed by atoms with Crippen LogP contribution >= 0.6 is 12.2 Å². The van der Waals surface area contributed by atoms with Crippen LogP contribution in [-0.2, 0) is 6.54 Å². The summed E-state index contributed by atoms with van der Waals surface area (Å²) in [7, 11) is 0. The van der Waals surface area contributed by atoms with E-state index in [-0.39, 0.29) is 17.4 Å². The number of nitrogens with one attached hydrogen (secondary N) is 2. The summed E-state index contributed by atoms with van der Waals surface area (Å²) in [6.45, 7) is 10.4. The number of hydrogen-bond donors (Lipinski definition) is 2. The number of fused-ring (bicyclic) bond motifs is 4. The van der Waals surface area contributed by atoms with Gasteiger partial charge in [-0.05, 0) is 105 Å². The summed E-state index contributed by atoms with van der Waals surface area (Å²) < 4.78 is 1.96. The van der Waals surface area contributed by atoms with Crippen molar-refractivity contribution in [2.45, 2.75) is 52.5 Å². The molecule has 8 heteroatoms. The normalized spacial score (nSPS) is 20.4. The van der Waals surface area contributed by atoms with Crippen LogP contribution in [0, 0.1) is 25.7 Å². The number of rotatable bonds is 4. The van der Waals surface area contributed by atoms with Gasteiger partial charge in [-0.15, -0.1) is 0 Å². The first-order valence-corrected chi connectivity index (χ1v) is 15.2. The van der Waals surface area contributed by atoms with Gasteiger partial charge in [0.15, 0.2) is 5.11 Å². The van der Waals surface area contributed by atoms with E-state index in [1.807, 2.05) is 27.7 Å². The first-order chi connectivity index (χ1) is 19.7. The maximum atomic E-state index is 13.5. The van der Waals surface area contributed by atoms with Gasteiger partial charge in [0.05, 0.1) is 11.4 Å². The van der Waals surface area contributed by atoms with Gasteiger partial charge < -0.3 is 25.0 Å². The second kappa shape index (κ2) is 11.3. The minimum absolute atomic E-state index is 0.0727. The fourth-order valence-electron chi connectivity index (χ4n) is 6.86. The zero-order valence-electron chi connectivity index (χ0n) is 24.2. The molecule has 2 atom stereocenters. The molecule has 2 N–H and O–H groups in total. The van der Waals surface area contributed by atoms with Crippen molar-refractivity contribution in [2.75, 3.05) is 41.7 Å². The van der Waals surface area contributed by atoms with Crippen LogP contribution in [-0.4, -0.2) is 46.7 Å². The van der Waals surface area contributed by atoms with Gasteiger partial charge in [-0.1, -0.05) is 19.1 Å². The zero-order valence-corrected chi connectivity index (χ0v) is 25.0. The monoisotopic (exact) mass is 569 g/mol. The summed E-state index contributed by atoms with van der Waals surface area (Å²) in [5, 5.41) is 7.28. The Morgan fingerprint density at radius 2 is 1.68 bits per heavy atom. The van der Waals surface area contributed by atoms with Gasteiger partial charge in [-0.25, -0.2) is 0 Å². The number of benzene rings is 2. The molecule has 0 saturated carbocycles. The molecule has 2 saturated heterocycles.